The van der Waals surface area contributed by atoms with E-state index >= 15 is 4.39 Å². The van der Waals surface area contributed by atoms with E-state index in [9.17, 15) is 36.9 Å². The number of amides is 2. The van der Waals surface area contributed by atoms with Crippen molar-refractivity contribution in [2.75, 3.05) is 23.3 Å². The number of rotatable bonds is 12. The molecule has 0 bridgehead atoms. The highest BCUT2D eigenvalue weighted by molar-refractivity contribution is 7.41. The zero-order valence-corrected chi connectivity index (χ0v) is 30.4. The van der Waals surface area contributed by atoms with Gasteiger partial charge in [-0.05, 0) is 91.1 Å². The first-order chi connectivity index (χ1) is 25.6. The lowest BCUT2D eigenvalue weighted by molar-refractivity contribution is -0.144. The molecular weight excluding hydrogens is 733 g/mol. The molecule has 3 aromatic rings. The van der Waals surface area contributed by atoms with Crippen LogP contribution in [0.25, 0.3) is 0 Å². The minimum atomic E-state index is -4.65. The molecule has 2 amide bonds. The number of carboxylic acid groups (broad SMARTS) is 1. The predicted octanol–water partition coefficient (Wildman–Crippen LogP) is 8.26. The Morgan fingerprint density at radius 3 is 2.31 bits per heavy atom. The third-order valence-corrected chi connectivity index (χ3v) is 10.8. The van der Waals surface area contributed by atoms with Crippen molar-refractivity contribution in [3.8, 4) is 0 Å². The van der Waals surface area contributed by atoms with Crippen LogP contribution in [0, 0.1) is 25.6 Å². The average Bonchev–Trinajstić information content (AvgIpc) is 3.65. The fourth-order valence-corrected chi connectivity index (χ4v) is 8.07. The summed E-state index contributed by atoms with van der Waals surface area (Å²) in [4.78, 5) is 51.9. The van der Waals surface area contributed by atoms with Crippen molar-refractivity contribution in [3.63, 3.8) is 0 Å². The molecule has 54 heavy (non-hydrogen) atoms. The third kappa shape index (κ3) is 9.50. The van der Waals surface area contributed by atoms with Gasteiger partial charge in [0.15, 0.2) is 0 Å². The Labute approximate surface area is 309 Å². The Kier molecular flexibility index (Phi) is 12.9. The summed E-state index contributed by atoms with van der Waals surface area (Å²) >= 11 is 0. The van der Waals surface area contributed by atoms with Gasteiger partial charge in [0.05, 0.1) is 34.8 Å². The lowest BCUT2D eigenvalue weighted by Gasteiger charge is -2.41. The summed E-state index contributed by atoms with van der Waals surface area (Å²) in [6.07, 6.45) is 0.382. The molecule has 1 aliphatic heterocycles. The minimum absolute atomic E-state index is 0.0131. The standard InChI is InChI=1S/C38H38F4N3O8P/c1-23-12-15-26(21-30(23)38(40,41)42)43-36(49)29-10-6-20-44(37(50)34-24(2)7-5-11-31(34)39)35(29)25-13-16-28(17-14-25)45(27-8-3-4-9-27)54(51)53-22-52-33(48)19-18-32(46)47/h5,7,11-19,21,27,29,35H,3-4,6,8-10,20,22H2,1-2H3,(H-,43,46,47,49)/p+1. The quantitative estimate of drug-likeness (QED) is 0.0612. The number of hydrogen-bond donors (Lipinski definition) is 2. The first-order valence-corrected chi connectivity index (χ1v) is 18.4. The van der Waals surface area contributed by atoms with Crippen LogP contribution in [-0.2, 0) is 34.4 Å². The number of likely N-dealkylation sites (tertiary alicyclic amines) is 1. The topological polar surface area (TPSA) is 143 Å². The Morgan fingerprint density at radius 2 is 1.67 bits per heavy atom. The molecular formula is C38H39F4N3O8P+. The maximum absolute atomic E-state index is 15.1. The molecule has 0 spiro atoms. The van der Waals surface area contributed by atoms with Gasteiger partial charge in [0.1, 0.15) is 5.82 Å². The van der Waals surface area contributed by atoms with Gasteiger partial charge in [-0.2, -0.15) is 13.2 Å². The maximum Gasteiger partial charge on any atom is 0.649 e. The SMILES string of the molecule is Cc1ccc(NC(=O)C2CCCN(C(=O)c3c(C)cccc3F)C2c2ccc(N(C3CCCC3)[P+](=O)OCOC(=O)C=CC(=O)O)cc2)cc1C(F)(F)F. The number of aryl methyl sites for hydroxylation is 2. The molecule has 2 fully saturated rings. The van der Waals surface area contributed by atoms with E-state index in [0.29, 0.717) is 48.2 Å². The lowest BCUT2D eigenvalue weighted by atomic mass is 9.83. The molecule has 16 heteroatoms. The highest BCUT2D eigenvalue weighted by Crippen LogP contribution is 2.44. The van der Waals surface area contributed by atoms with E-state index in [1.165, 1.54) is 36.1 Å². The third-order valence-electron chi connectivity index (χ3n) is 9.55. The van der Waals surface area contributed by atoms with Crippen LogP contribution in [0.2, 0.25) is 0 Å². The molecule has 2 aliphatic rings. The van der Waals surface area contributed by atoms with Gasteiger partial charge in [0, 0.05) is 24.4 Å². The number of halogens is 4. The number of anilines is 2. The number of carboxylic acids is 1. The molecule has 0 radical (unpaired) electrons. The van der Waals surface area contributed by atoms with Gasteiger partial charge in [-0.15, -0.1) is 4.67 Å². The van der Waals surface area contributed by atoms with Crippen molar-refractivity contribution in [2.45, 2.75) is 70.6 Å². The smallest absolute Gasteiger partial charge is 0.478 e. The second-order valence-corrected chi connectivity index (χ2v) is 14.3. The number of hydrogen-bond acceptors (Lipinski definition) is 7. The van der Waals surface area contributed by atoms with E-state index in [2.05, 4.69) is 5.32 Å². The Bertz CT molecular complexity index is 1910. The number of nitrogens with zero attached hydrogens (tertiary/aromatic N) is 2. The molecule has 1 heterocycles. The minimum Gasteiger partial charge on any atom is -0.478 e. The second-order valence-electron chi connectivity index (χ2n) is 13.1. The summed E-state index contributed by atoms with van der Waals surface area (Å²) in [5, 5.41) is 11.3. The molecule has 2 N–H and O–H groups in total. The second kappa shape index (κ2) is 17.3. The van der Waals surface area contributed by atoms with Gasteiger partial charge in [0.2, 0.25) is 12.7 Å². The number of ether oxygens (including phenoxy) is 1. The molecule has 1 saturated heterocycles. The van der Waals surface area contributed by atoms with Gasteiger partial charge in [-0.3, -0.25) is 9.59 Å². The Balaban J connectivity index is 1.46. The van der Waals surface area contributed by atoms with Gasteiger partial charge in [-0.1, -0.05) is 47.7 Å². The number of alkyl halides is 3. The van der Waals surface area contributed by atoms with Crippen molar-refractivity contribution in [2.24, 2.45) is 5.92 Å². The maximum atomic E-state index is 15.1. The molecule has 3 atom stereocenters. The van der Waals surface area contributed by atoms with E-state index in [-0.39, 0.29) is 35.8 Å². The number of carbonyl (C=O) groups is 4. The Hall–Kier alpha value is -5.14. The van der Waals surface area contributed by atoms with Crippen LogP contribution in [-0.4, -0.2) is 53.1 Å². The summed E-state index contributed by atoms with van der Waals surface area (Å²) < 4.78 is 81.5. The van der Waals surface area contributed by atoms with Crippen LogP contribution in [0.1, 0.15) is 77.2 Å². The fourth-order valence-electron chi connectivity index (χ4n) is 6.99. The van der Waals surface area contributed by atoms with E-state index in [4.69, 9.17) is 14.4 Å². The van der Waals surface area contributed by atoms with Crippen LogP contribution in [0.3, 0.4) is 0 Å². The molecule has 1 aliphatic carbocycles. The number of benzene rings is 3. The molecule has 0 aromatic heterocycles. The van der Waals surface area contributed by atoms with Gasteiger partial charge < -0.3 is 20.1 Å². The van der Waals surface area contributed by atoms with Crippen molar-refractivity contribution < 1.29 is 55.7 Å². The van der Waals surface area contributed by atoms with E-state index in [1.807, 2.05) is 0 Å². The monoisotopic (exact) mass is 772 g/mol. The van der Waals surface area contributed by atoms with Crippen molar-refractivity contribution in [1.29, 1.82) is 0 Å². The zero-order chi connectivity index (χ0) is 39.2. The summed E-state index contributed by atoms with van der Waals surface area (Å²) in [5.74, 6) is -5.32. The van der Waals surface area contributed by atoms with Crippen molar-refractivity contribution >= 4 is 43.3 Å². The number of carbonyl (C=O) groups excluding carboxylic acids is 3. The molecule has 3 aromatic carbocycles. The summed E-state index contributed by atoms with van der Waals surface area (Å²) in [7, 11) is -2.61. The number of nitrogens with one attached hydrogen (secondary N) is 1. The van der Waals surface area contributed by atoms with Crippen LogP contribution in [0.5, 0.6) is 0 Å². The van der Waals surface area contributed by atoms with Crippen LogP contribution in [0.4, 0.5) is 28.9 Å². The van der Waals surface area contributed by atoms with E-state index < -0.39 is 68.2 Å². The summed E-state index contributed by atoms with van der Waals surface area (Å²) in [6.45, 7) is 2.37. The van der Waals surface area contributed by atoms with Crippen LogP contribution >= 0.6 is 8.18 Å². The highest BCUT2D eigenvalue weighted by atomic mass is 31.1. The molecule has 1 saturated carbocycles. The van der Waals surface area contributed by atoms with Gasteiger partial charge >= 0.3 is 26.3 Å². The van der Waals surface area contributed by atoms with Crippen LogP contribution in [0.15, 0.2) is 72.8 Å². The number of esters is 1. The predicted molar refractivity (Wildman–Crippen MR) is 190 cm³/mol. The first-order valence-electron chi connectivity index (χ1n) is 17.3. The van der Waals surface area contributed by atoms with E-state index in [1.54, 1.807) is 41.9 Å². The molecule has 3 unspecified atom stereocenters. The lowest BCUT2D eigenvalue weighted by Crippen LogP contribution is -2.46. The largest absolute Gasteiger partial charge is 0.649 e. The first kappa shape index (κ1) is 40.1. The summed E-state index contributed by atoms with van der Waals surface area (Å²) in [6, 6.07) is 13.2. The zero-order valence-electron chi connectivity index (χ0n) is 29.5. The fraction of sp³-hybridized carbons (Fsp3) is 0.368. The average molecular weight is 773 g/mol. The van der Waals surface area contributed by atoms with Crippen LogP contribution < -0.4 is 9.99 Å². The van der Waals surface area contributed by atoms with Gasteiger partial charge in [0.25, 0.3) is 5.91 Å². The van der Waals surface area contributed by atoms with Crippen molar-refractivity contribution in [3.05, 3.63) is 106 Å². The molecule has 286 valence electrons. The normalized spacial score (nSPS) is 18.0. The van der Waals surface area contributed by atoms with Gasteiger partial charge in [-0.25, -0.2) is 14.0 Å². The summed E-state index contributed by atoms with van der Waals surface area (Å²) in [5.41, 5.74) is 0.185. The Morgan fingerprint density at radius 1 is 0.963 bits per heavy atom. The molecule has 11 nitrogen and oxygen atoms in total. The van der Waals surface area contributed by atoms with Crippen molar-refractivity contribution in [1.82, 2.24) is 4.90 Å². The number of piperidine rings is 1. The highest BCUT2D eigenvalue weighted by Gasteiger charge is 2.43. The number of aliphatic carboxylic acids is 1. The molecule has 5 rings (SSSR count). The van der Waals surface area contributed by atoms with E-state index in [0.717, 1.165) is 18.9 Å².